The summed E-state index contributed by atoms with van der Waals surface area (Å²) in [5.74, 6) is 0.406. The van der Waals surface area contributed by atoms with Crippen molar-refractivity contribution < 1.29 is 18.9 Å². The molecule has 0 saturated heterocycles. The second-order valence-electron chi connectivity index (χ2n) is 5.08. The molecule has 0 unspecified atom stereocenters. The van der Waals surface area contributed by atoms with Crippen LogP contribution in [0.4, 0.5) is 11.5 Å². The number of aromatic nitrogens is 1. The van der Waals surface area contributed by atoms with Crippen LogP contribution in [0, 0.1) is 6.92 Å². The van der Waals surface area contributed by atoms with Crippen LogP contribution >= 0.6 is 0 Å². The summed E-state index contributed by atoms with van der Waals surface area (Å²) in [6, 6.07) is 8.71. The van der Waals surface area contributed by atoms with Gasteiger partial charge in [-0.25, -0.2) is 0 Å². The van der Waals surface area contributed by atoms with E-state index in [1.54, 1.807) is 44.2 Å². The van der Waals surface area contributed by atoms with Crippen molar-refractivity contribution in [2.45, 2.75) is 20.8 Å². The van der Waals surface area contributed by atoms with E-state index in [-0.39, 0.29) is 18.4 Å². The van der Waals surface area contributed by atoms with E-state index in [1.165, 1.54) is 6.92 Å². The lowest BCUT2D eigenvalue weighted by atomic mass is 10.1. The number of carbonyl (C=O) groups is 2. The number of rotatable bonds is 6. The van der Waals surface area contributed by atoms with Crippen LogP contribution in [0.5, 0.6) is 0 Å². The lowest BCUT2D eigenvalue weighted by Crippen LogP contribution is -2.17. The van der Waals surface area contributed by atoms with E-state index in [2.05, 4.69) is 20.9 Å². The van der Waals surface area contributed by atoms with Gasteiger partial charge in [0.25, 0.3) is 5.91 Å². The van der Waals surface area contributed by atoms with Crippen LogP contribution in [0.25, 0.3) is 0 Å². The first-order valence-corrected chi connectivity index (χ1v) is 7.22. The van der Waals surface area contributed by atoms with Crippen LogP contribution in [-0.4, -0.2) is 29.3 Å². The molecule has 8 nitrogen and oxygen atoms in total. The van der Waals surface area contributed by atoms with Gasteiger partial charge in [0.1, 0.15) is 5.76 Å². The van der Waals surface area contributed by atoms with Gasteiger partial charge in [0, 0.05) is 18.7 Å². The van der Waals surface area contributed by atoms with E-state index in [1.807, 2.05) is 0 Å². The molecular formula is C16H18N4O4. The summed E-state index contributed by atoms with van der Waals surface area (Å²) in [6.07, 6.45) is 0. The number of nitrogens with zero attached hydrogens (tertiary/aromatic N) is 2. The molecule has 0 aliphatic carbocycles. The number of amides is 2. The van der Waals surface area contributed by atoms with Crippen molar-refractivity contribution in [2.24, 2.45) is 5.16 Å². The Kier molecular flexibility index (Phi) is 5.67. The van der Waals surface area contributed by atoms with Gasteiger partial charge < -0.3 is 20.0 Å². The number of hydrogen-bond acceptors (Lipinski definition) is 6. The predicted molar refractivity (Wildman–Crippen MR) is 88.8 cm³/mol. The van der Waals surface area contributed by atoms with Crippen LogP contribution in [0.1, 0.15) is 25.2 Å². The van der Waals surface area contributed by atoms with Crippen molar-refractivity contribution in [2.75, 3.05) is 17.2 Å². The number of carbonyl (C=O) groups excluding carboxylic acids is 2. The first-order chi connectivity index (χ1) is 11.4. The van der Waals surface area contributed by atoms with Crippen molar-refractivity contribution in [3.05, 3.63) is 41.7 Å². The molecule has 1 aromatic carbocycles. The lowest BCUT2D eigenvalue weighted by Gasteiger charge is -2.05. The molecule has 0 spiro atoms. The Hall–Kier alpha value is -3.16. The summed E-state index contributed by atoms with van der Waals surface area (Å²) in [5.41, 5.74) is 2.12. The van der Waals surface area contributed by atoms with Crippen molar-refractivity contribution in [3.63, 3.8) is 0 Å². The standard InChI is InChI=1S/C16H18N4O4/c1-10-8-15(20-24-10)18-16(22)9-23-19-11(2)13-4-6-14(7-5-13)17-12(3)21/h4-8H,9H2,1-3H3,(H,17,21)(H,18,20,22)/b19-11+. The molecule has 2 amide bonds. The van der Waals surface area contributed by atoms with E-state index in [9.17, 15) is 9.59 Å². The minimum absolute atomic E-state index is 0.134. The molecule has 0 fully saturated rings. The number of nitrogens with one attached hydrogen (secondary N) is 2. The van der Waals surface area contributed by atoms with Gasteiger partial charge in [0.05, 0.1) is 5.71 Å². The number of hydrogen-bond donors (Lipinski definition) is 2. The highest BCUT2D eigenvalue weighted by molar-refractivity contribution is 5.99. The number of anilines is 2. The molecule has 2 rings (SSSR count). The van der Waals surface area contributed by atoms with Crippen molar-refractivity contribution in [3.8, 4) is 0 Å². The smallest absolute Gasteiger partial charge is 0.266 e. The minimum Gasteiger partial charge on any atom is -0.385 e. The normalized spacial score (nSPS) is 11.0. The van der Waals surface area contributed by atoms with Gasteiger partial charge in [-0.1, -0.05) is 22.4 Å². The van der Waals surface area contributed by atoms with Gasteiger partial charge in [-0.05, 0) is 31.5 Å². The second kappa shape index (κ2) is 7.91. The molecule has 0 saturated carbocycles. The van der Waals surface area contributed by atoms with Crippen molar-refractivity contribution >= 4 is 29.0 Å². The third kappa shape index (κ3) is 5.24. The Bertz CT molecular complexity index is 750. The zero-order valence-corrected chi connectivity index (χ0v) is 13.6. The number of benzene rings is 1. The summed E-state index contributed by atoms with van der Waals surface area (Å²) in [5, 5.41) is 12.7. The van der Waals surface area contributed by atoms with Gasteiger partial charge in [-0.2, -0.15) is 0 Å². The molecule has 0 radical (unpaired) electrons. The fraction of sp³-hybridized carbons (Fsp3) is 0.250. The summed E-state index contributed by atoms with van der Waals surface area (Å²) < 4.78 is 4.84. The highest BCUT2D eigenvalue weighted by atomic mass is 16.6. The molecule has 1 aromatic heterocycles. The van der Waals surface area contributed by atoms with Gasteiger partial charge in [-0.15, -0.1) is 0 Å². The highest BCUT2D eigenvalue weighted by Gasteiger charge is 2.07. The molecule has 0 bridgehead atoms. The van der Waals surface area contributed by atoms with Crippen LogP contribution in [0.2, 0.25) is 0 Å². The van der Waals surface area contributed by atoms with Crippen molar-refractivity contribution in [1.82, 2.24) is 5.16 Å². The second-order valence-corrected chi connectivity index (χ2v) is 5.08. The average molecular weight is 330 g/mol. The van der Waals surface area contributed by atoms with Gasteiger partial charge in [0.15, 0.2) is 12.4 Å². The monoisotopic (exact) mass is 330 g/mol. The molecule has 0 aliphatic heterocycles. The zero-order chi connectivity index (χ0) is 17.5. The van der Waals surface area contributed by atoms with Crippen LogP contribution < -0.4 is 10.6 Å². The lowest BCUT2D eigenvalue weighted by molar-refractivity contribution is -0.120. The fourth-order valence-electron chi connectivity index (χ4n) is 1.84. The van der Waals surface area contributed by atoms with Crippen molar-refractivity contribution in [1.29, 1.82) is 0 Å². The number of aryl methyl sites for hydroxylation is 1. The molecule has 0 aliphatic rings. The van der Waals surface area contributed by atoms with Gasteiger partial charge in [-0.3, -0.25) is 9.59 Å². The van der Waals surface area contributed by atoms with Crippen LogP contribution in [0.15, 0.2) is 40.0 Å². The summed E-state index contributed by atoms with van der Waals surface area (Å²) in [4.78, 5) is 27.7. The van der Waals surface area contributed by atoms with Crippen LogP contribution in [0.3, 0.4) is 0 Å². The third-order valence-corrected chi connectivity index (χ3v) is 2.92. The highest BCUT2D eigenvalue weighted by Crippen LogP contribution is 2.11. The van der Waals surface area contributed by atoms with E-state index in [0.717, 1.165) is 5.56 Å². The molecule has 1 heterocycles. The molecule has 8 heteroatoms. The topological polar surface area (TPSA) is 106 Å². The Morgan fingerprint density at radius 1 is 1.21 bits per heavy atom. The maximum atomic E-state index is 11.7. The molecule has 2 aromatic rings. The molecule has 126 valence electrons. The largest absolute Gasteiger partial charge is 0.385 e. The van der Waals surface area contributed by atoms with Gasteiger partial charge in [0.2, 0.25) is 5.91 Å². The first-order valence-electron chi connectivity index (χ1n) is 7.22. The van der Waals surface area contributed by atoms with E-state index in [0.29, 0.717) is 23.0 Å². The minimum atomic E-state index is -0.388. The Labute approximate surface area is 138 Å². The SMILES string of the molecule is CC(=O)Nc1ccc(/C(C)=N/OCC(=O)Nc2cc(C)on2)cc1. The molecule has 24 heavy (non-hydrogen) atoms. The Morgan fingerprint density at radius 3 is 2.50 bits per heavy atom. The number of oxime groups is 1. The third-order valence-electron chi connectivity index (χ3n) is 2.92. The molecular weight excluding hydrogens is 312 g/mol. The maximum Gasteiger partial charge on any atom is 0.266 e. The summed E-state index contributed by atoms with van der Waals surface area (Å²) in [6.45, 7) is 4.68. The predicted octanol–water partition coefficient (Wildman–Crippen LogP) is 2.32. The molecule has 0 atom stereocenters. The van der Waals surface area contributed by atoms with E-state index in [4.69, 9.17) is 9.36 Å². The molecule has 2 N–H and O–H groups in total. The Balaban J connectivity index is 1.84. The first kappa shape index (κ1) is 17.2. The fourth-order valence-corrected chi connectivity index (χ4v) is 1.84. The average Bonchev–Trinajstić information content (AvgIpc) is 2.92. The zero-order valence-electron chi connectivity index (χ0n) is 13.6. The van der Waals surface area contributed by atoms with E-state index < -0.39 is 0 Å². The summed E-state index contributed by atoms with van der Waals surface area (Å²) in [7, 11) is 0. The maximum absolute atomic E-state index is 11.7. The summed E-state index contributed by atoms with van der Waals surface area (Å²) >= 11 is 0. The van der Waals surface area contributed by atoms with E-state index >= 15 is 0 Å². The quantitative estimate of drug-likeness (QED) is 0.624. The van der Waals surface area contributed by atoms with Crippen LogP contribution in [-0.2, 0) is 14.4 Å². The Morgan fingerprint density at radius 2 is 1.92 bits per heavy atom. The van der Waals surface area contributed by atoms with Gasteiger partial charge >= 0.3 is 0 Å².